The number of amides is 2. The van der Waals surface area contributed by atoms with Gasteiger partial charge in [-0.15, -0.1) is 11.3 Å². The lowest BCUT2D eigenvalue weighted by Gasteiger charge is -2.23. The standard InChI is InChI=1S/C25H30N8O2S/c1-16-20(9-17(10-27-16)22(34)26-6-8-32-7-5-25(15-32)3-4-25)30-23(35)19-12-29-33-14-21(36-24(19)33)18-11-28-31(2)13-18/h9-14,16,27H,3-8,15H2,1-2H3,(H,26,34)(H,30,35). The Hall–Kier alpha value is -3.44. The summed E-state index contributed by atoms with van der Waals surface area (Å²) in [6, 6.07) is -0.134. The molecule has 3 N–H and O–H groups in total. The third-order valence-corrected chi connectivity index (χ3v) is 8.57. The van der Waals surface area contributed by atoms with E-state index in [-0.39, 0.29) is 17.9 Å². The zero-order chi connectivity index (χ0) is 24.9. The van der Waals surface area contributed by atoms with Crippen molar-refractivity contribution >= 4 is 28.0 Å². The van der Waals surface area contributed by atoms with E-state index in [1.807, 2.05) is 26.4 Å². The van der Waals surface area contributed by atoms with Gasteiger partial charge in [0, 0.05) is 56.5 Å². The molecule has 1 spiro atoms. The first kappa shape index (κ1) is 23.0. The van der Waals surface area contributed by atoms with Crippen LogP contribution in [0.1, 0.15) is 36.5 Å². The SMILES string of the molecule is CC1NC=C(C(=O)NCCN2CCC3(CC3)C2)C=C1NC(=O)c1cnn2cc(-c3cnn(C)c3)sc12. The average Bonchev–Trinajstić information content (AvgIpc) is 3.25. The Morgan fingerprint density at radius 2 is 2.06 bits per heavy atom. The molecule has 0 aromatic carbocycles. The topological polar surface area (TPSA) is 109 Å². The maximum Gasteiger partial charge on any atom is 0.260 e. The number of carbonyl (C=O) groups is 2. The second-order valence-corrected chi connectivity index (χ2v) is 11.2. The summed E-state index contributed by atoms with van der Waals surface area (Å²) in [6.45, 7) is 5.72. The van der Waals surface area contributed by atoms with Crippen LogP contribution in [0.5, 0.6) is 0 Å². The van der Waals surface area contributed by atoms with Crippen LogP contribution in [0.2, 0.25) is 0 Å². The molecular formula is C25H30N8O2S. The summed E-state index contributed by atoms with van der Waals surface area (Å²) < 4.78 is 3.45. The minimum atomic E-state index is -0.255. The highest BCUT2D eigenvalue weighted by Gasteiger charge is 2.47. The van der Waals surface area contributed by atoms with Crippen LogP contribution in [0.15, 0.2) is 48.3 Å². The highest BCUT2D eigenvalue weighted by molar-refractivity contribution is 7.21. The number of aryl methyl sites for hydroxylation is 1. The molecule has 10 nitrogen and oxygen atoms in total. The molecule has 3 aromatic rings. The summed E-state index contributed by atoms with van der Waals surface area (Å²) in [6.07, 6.45) is 14.7. The van der Waals surface area contributed by atoms with E-state index >= 15 is 0 Å². The molecule has 2 fully saturated rings. The van der Waals surface area contributed by atoms with Crippen molar-refractivity contribution in [3.63, 3.8) is 0 Å². The normalized spacial score (nSPS) is 20.8. The van der Waals surface area contributed by atoms with Gasteiger partial charge in [0.2, 0.25) is 0 Å². The molecule has 0 bridgehead atoms. The summed E-state index contributed by atoms with van der Waals surface area (Å²) in [5.74, 6) is -0.400. The highest BCUT2D eigenvalue weighted by atomic mass is 32.1. The monoisotopic (exact) mass is 506 g/mol. The van der Waals surface area contributed by atoms with Crippen molar-refractivity contribution in [3.8, 4) is 10.4 Å². The zero-order valence-electron chi connectivity index (χ0n) is 20.5. The van der Waals surface area contributed by atoms with Crippen LogP contribution < -0.4 is 16.0 Å². The third-order valence-electron chi connectivity index (χ3n) is 7.40. The number of fused-ring (bicyclic) bond motifs is 1. The Balaban J connectivity index is 1.09. The number of hydrogen-bond acceptors (Lipinski definition) is 7. The second kappa shape index (κ2) is 8.90. The Morgan fingerprint density at radius 1 is 1.19 bits per heavy atom. The van der Waals surface area contributed by atoms with Crippen molar-refractivity contribution in [3.05, 3.63) is 53.9 Å². The fourth-order valence-corrected chi connectivity index (χ4v) is 6.00. The highest BCUT2D eigenvalue weighted by Crippen LogP contribution is 2.52. The van der Waals surface area contributed by atoms with E-state index in [2.05, 4.69) is 31.0 Å². The molecule has 0 radical (unpaired) electrons. The molecule has 36 heavy (non-hydrogen) atoms. The summed E-state index contributed by atoms with van der Waals surface area (Å²) in [5, 5.41) is 17.8. The number of nitrogens with zero attached hydrogens (tertiary/aromatic N) is 5. The molecule has 11 heteroatoms. The molecule has 2 aliphatic heterocycles. The van der Waals surface area contributed by atoms with Crippen LogP contribution in [0.25, 0.3) is 15.3 Å². The molecule has 3 aromatic heterocycles. The number of nitrogens with one attached hydrogen (secondary N) is 3. The van der Waals surface area contributed by atoms with Crippen LogP contribution in [0.3, 0.4) is 0 Å². The zero-order valence-corrected chi connectivity index (χ0v) is 21.3. The quantitative estimate of drug-likeness (QED) is 0.452. The lowest BCUT2D eigenvalue weighted by Crippen LogP contribution is -2.39. The minimum Gasteiger partial charge on any atom is -0.382 e. The van der Waals surface area contributed by atoms with Crippen LogP contribution in [-0.2, 0) is 11.8 Å². The molecule has 1 aliphatic carbocycles. The Kier molecular flexibility index (Phi) is 5.68. The average molecular weight is 507 g/mol. The van der Waals surface area contributed by atoms with Gasteiger partial charge in [0.15, 0.2) is 0 Å². The predicted molar refractivity (Wildman–Crippen MR) is 137 cm³/mol. The van der Waals surface area contributed by atoms with Crippen LogP contribution in [0, 0.1) is 5.41 Å². The number of hydrogen-bond donors (Lipinski definition) is 3. The van der Waals surface area contributed by atoms with Gasteiger partial charge in [-0.05, 0) is 44.2 Å². The Bertz CT molecular complexity index is 1390. The number of dihydropyridines is 1. The fraction of sp³-hybridized carbons (Fsp3) is 0.440. The van der Waals surface area contributed by atoms with Gasteiger partial charge in [-0.2, -0.15) is 10.2 Å². The molecule has 188 valence electrons. The van der Waals surface area contributed by atoms with E-state index in [1.165, 1.54) is 30.6 Å². The van der Waals surface area contributed by atoms with Gasteiger partial charge in [-0.1, -0.05) is 0 Å². The Morgan fingerprint density at radius 3 is 2.81 bits per heavy atom. The van der Waals surface area contributed by atoms with Crippen molar-refractivity contribution in [2.45, 2.75) is 32.2 Å². The first-order valence-electron chi connectivity index (χ1n) is 12.4. The minimum absolute atomic E-state index is 0.134. The molecule has 6 rings (SSSR count). The van der Waals surface area contributed by atoms with Gasteiger partial charge in [0.1, 0.15) is 4.83 Å². The number of carbonyl (C=O) groups excluding carboxylic acids is 2. The molecule has 1 saturated heterocycles. The van der Waals surface area contributed by atoms with Crippen LogP contribution in [0.4, 0.5) is 0 Å². The molecular weight excluding hydrogens is 476 g/mol. The van der Waals surface area contributed by atoms with Crippen LogP contribution >= 0.6 is 11.3 Å². The lowest BCUT2D eigenvalue weighted by atomic mass is 10.1. The molecule has 1 unspecified atom stereocenters. The molecule has 1 saturated carbocycles. The number of aromatic nitrogens is 4. The smallest absolute Gasteiger partial charge is 0.260 e. The fourth-order valence-electron chi connectivity index (χ4n) is 4.97. The molecule has 5 heterocycles. The van der Waals surface area contributed by atoms with E-state index in [0.29, 0.717) is 28.8 Å². The van der Waals surface area contributed by atoms with Crippen molar-refractivity contribution in [2.24, 2.45) is 12.5 Å². The van der Waals surface area contributed by atoms with Gasteiger partial charge in [-0.25, -0.2) is 4.52 Å². The third kappa shape index (κ3) is 4.44. The van der Waals surface area contributed by atoms with Crippen molar-refractivity contribution in [1.29, 1.82) is 0 Å². The lowest BCUT2D eigenvalue weighted by molar-refractivity contribution is -0.117. The number of likely N-dealkylation sites (tertiary alicyclic amines) is 1. The molecule has 1 atom stereocenters. The number of thiazole rings is 1. The largest absolute Gasteiger partial charge is 0.382 e. The summed E-state index contributed by atoms with van der Waals surface area (Å²) in [4.78, 5) is 30.1. The molecule has 2 amide bonds. The van der Waals surface area contributed by atoms with Gasteiger partial charge in [0.05, 0.1) is 34.4 Å². The van der Waals surface area contributed by atoms with E-state index < -0.39 is 0 Å². The van der Waals surface area contributed by atoms with E-state index in [0.717, 1.165) is 34.9 Å². The van der Waals surface area contributed by atoms with Gasteiger partial charge >= 0.3 is 0 Å². The Labute approximate surface area is 213 Å². The summed E-state index contributed by atoms with van der Waals surface area (Å²) in [7, 11) is 1.87. The first-order valence-corrected chi connectivity index (χ1v) is 13.2. The first-order chi connectivity index (χ1) is 17.4. The molecule has 3 aliphatic rings. The van der Waals surface area contributed by atoms with Gasteiger partial charge in [-0.3, -0.25) is 14.3 Å². The second-order valence-electron chi connectivity index (χ2n) is 10.1. The number of rotatable bonds is 7. The van der Waals surface area contributed by atoms with E-state index in [1.54, 1.807) is 33.9 Å². The van der Waals surface area contributed by atoms with E-state index in [4.69, 9.17) is 0 Å². The summed E-state index contributed by atoms with van der Waals surface area (Å²) >= 11 is 1.49. The summed E-state index contributed by atoms with van der Waals surface area (Å²) in [5.41, 5.74) is 3.20. The van der Waals surface area contributed by atoms with Crippen molar-refractivity contribution in [2.75, 3.05) is 26.2 Å². The maximum absolute atomic E-state index is 13.2. The van der Waals surface area contributed by atoms with Crippen molar-refractivity contribution < 1.29 is 9.59 Å². The van der Waals surface area contributed by atoms with Gasteiger partial charge < -0.3 is 20.9 Å². The van der Waals surface area contributed by atoms with Crippen LogP contribution in [-0.4, -0.2) is 68.3 Å². The maximum atomic E-state index is 13.2. The predicted octanol–water partition coefficient (Wildman–Crippen LogP) is 1.89. The van der Waals surface area contributed by atoms with Crippen molar-refractivity contribution in [1.82, 2.24) is 40.2 Å². The van der Waals surface area contributed by atoms with E-state index in [9.17, 15) is 9.59 Å². The van der Waals surface area contributed by atoms with Gasteiger partial charge in [0.25, 0.3) is 11.8 Å².